The molecule has 1 heteroatoms. The zero-order valence-corrected chi connectivity index (χ0v) is 10.8. The van der Waals surface area contributed by atoms with E-state index in [0.29, 0.717) is 0 Å². The summed E-state index contributed by atoms with van der Waals surface area (Å²) in [4.78, 5) is 2.68. The molecule has 0 amide bonds. The molecule has 0 radical (unpaired) electrons. The second-order valence-electron chi connectivity index (χ2n) is 5.86. The van der Waals surface area contributed by atoms with Crippen LogP contribution in [0.2, 0.25) is 0 Å². The molecule has 1 aliphatic heterocycles. The molecule has 92 valence electrons. The Kier molecular flexibility index (Phi) is 3.19. The summed E-state index contributed by atoms with van der Waals surface area (Å²) in [5, 5.41) is 0. The second-order valence-corrected chi connectivity index (χ2v) is 5.86. The summed E-state index contributed by atoms with van der Waals surface area (Å²) in [6.45, 7) is 0. The smallest absolute Gasteiger partial charge is 0.0139 e. The minimum Gasteiger partial charge on any atom is -0.300 e. The van der Waals surface area contributed by atoms with E-state index in [0.717, 1.165) is 18.0 Å². The largest absolute Gasteiger partial charge is 0.300 e. The third kappa shape index (κ3) is 2.26. The zero-order valence-electron chi connectivity index (χ0n) is 10.8. The van der Waals surface area contributed by atoms with Crippen LogP contribution in [0.25, 0.3) is 0 Å². The molecule has 0 N–H and O–H groups in total. The summed E-state index contributed by atoms with van der Waals surface area (Å²) in [6, 6.07) is 12.7. The van der Waals surface area contributed by atoms with Gasteiger partial charge in [-0.3, -0.25) is 4.90 Å². The highest BCUT2D eigenvalue weighted by Crippen LogP contribution is 2.39. The number of likely N-dealkylation sites (N-methyl/N-ethyl adjacent to an activating group) is 1. The third-order valence-corrected chi connectivity index (χ3v) is 4.86. The number of fused-ring (bicyclic) bond motifs is 1. The van der Waals surface area contributed by atoms with E-state index in [2.05, 4.69) is 42.3 Å². The van der Waals surface area contributed by atoms with Crippen LogP contribution in [0.1, 0.15) is 37.7 Å². The van der Waals surface area contributed by atoms with Crippen LogP contribution < -0.4 is 0 Å². The number of rotatable bonds is 2. The molecule has 1 aliphatic carbocycles. The summed E-state index contributed by atoms with van der Waals surface area (Å²) in [5.41, 5.74) is 1.50. The molecule has 1 aromatic rings. The summed E-state index contributed by atoms with van der Waals surface area (Å²) in [5.74, 6) is 0.988. The second kappa shape index (κ2) is 4.81. The molecule has 1 heterocycles. The van der Waals surface area contributed by atoms with E-state index < -0.39 is 0 Å². The predicted octanol–water partition coefficient (Wildman–Crippen LogP) is 3.49. The van der Waals surface area contributed by atoms with Crippen molar-refractivity contribution >= 4 is 0 Å². The standard InChI is InChI=1S/C16H23N/c1-17-15(11-13-7-3-2-4-8-13)12-14-9-5-6-10-16(14)17/h2-4,7-8,14-16H,5-6,9-12H2,1H3/t14-,15?,16-/m0/s1. The van der Waals surface area contributed by atoms with Gasteiger partial charge >= 0.3 is 0 Å². The van der Waals surface area contributed by atoms with Gasteiger partial charge in [0.15, 0.2) is 0 Å². The minimum absolute atomic E-state index is 0.783. The van der Waals surface area contributed by atoms with Gasteiger partial charge in [0.05, 0.1) is 0 Å². The molecule has 3 rings (SSSR count). The van der Waals surface area contributed by atoms with Crippen LogP contribution in [0.15, 0.2) is 30.3 Å². The van der Waals surface area contributed by atoms with Crippen LogP contribution in [-0.2, 0) is 6.42 Å². The fraction of sp³-hybridized carbons (Fsp3) is 0.625. The molecule has 2 fully saturated rings. The molecule has 1 aromatic carbocycles. The van der Waals surface area contributed by atoms with Crippen molar-refractivity contribution in [3.05, 3.63) is 35.9 Å². The quantitative estimate of drug-likeness (QED) is 0.750. The van der Waals surface area contributed by atoms with E-state index >= 15 is 0 Å². The van der Waals surface area contributed by atoms with E-state index in [1.165, 1.54) is 44.1 Å². The number of hydrogen-bond donors (Lipinski definition) is 0. The molecule has 0 bridgehead atoms. The molecule has 1 nitrogen and oxygen atoms in total. The normalized spacial score (nSPS) is 33.6. The average Bonchev–Trinajstić information content (AvgIpc) is 2.68. The Morgan fingerprint density at radius 1 is 1.12 bits per heavy atom. The van der Waals surface area contributed by atoms with Crippen molar-refractivity contribution in [3.63, 3.8) is 0 Å². The van der Waals surface area contributed by atoms with Crippen LogP contribution in [0.4, 0.5) is 0 Å². The molecule has 1 saturated heterocycles. The number of likely N-dealkylation sites (tertiary alicyclic amines) is 1. The number of hydrogen-bond acceptors (Lipinski definition) is 1. The zero-order chi connectivity index (χ0) is 11.7. The Labute approximate surface area is 105 Å². The fourth-order valence-corrected chi connectivity index (χ4v) is 3.90. The van der Waals surface area contributed by atoms with E-state index in [4.69, 9.17) is 0 Å². The van der Waals surface area contributed by atoms with Crippen LogP contribution in [0.5, 0.6) is 0 Å². The Morgan fingerprint density at radius 3 is 2.65 bits per heavy atom. The van der Waals surface area contributed by atoms with E-state index in [1.54, 1.807) is 0 Å². The van der Waals surface area contributed by atoms with Crippen LogP contribution >= 0.6 is 0 Å². The van der Waals surface area contributed by atoms with Crippen molar-refractivity contribution < 1.29 is 0 Å². The van der Waals surface area contributed by atoms with Gasteiger partial charge in [0, 0.05) is 12.1 Å². The lowest BCUT2D eigenvalue weighted by atomic mass is 9.84. The van der Waals surface area contributed by atoms with Crippen molar-refractivity contribution in [1.82, 2.24) is 4.90 Å². The molecule has 17 heavy (non-hydrogen) atoms. The van der Waals surface area contributed by atoms with Crippen molar-refractivity contribution in [2.45, 2.75) is 50.6 Å². The first-order valence-corrected chi connectivity index (χ1v) is 7.10. The van der Waals surface area contributed by atoms with Crippen molar-refractivity contribution in [1.29, 1.82) is 0 Å². The summed E-state index contributed by atoms with van der Waals surface area (Å²) in [6.07, 6.45) is 8.49. The highest BCUT2D eigenvalue weighted by Gasteiger charge is 2.39. The van der Waals surface area contributed by atoms with Crippen molar-refractivity contribution in [2.24, 2.45) is 5.92 Å². The molecule has 2 aliphatic rings. The maximum Gasteiger partial charge on any atom is 0.0139 e. The predicted molar refractivity (Wildman–Crippen MR) is 72.1 cm³/mol. The van der Waals surface area contributed by atoms with Crippen molar-refractivity contribution in [3.8, 4) is 0 Å². The molecular weight excluding hydrogens is 206 g/mol. The lowest BCUT2D eigenvalue weighted by molar-refractivity contribution is 0.186. The Bertz CT molecular complexity index is 359. The summed E-state index contributed by atoms with van der Waals surface area (Å²) >= 11 is 0. The summed E-state index contributed by atoms with van der Waals surface area (Å²) < 4.78 is 0. The molecular formula is C16H23N. The lowest BCUT2D eigenvalue weighted by Gasteiger charge is -2.30. The number of nitrogens with zero attached hydrogens (tertiary/aromatic N) is 1. The van der Waals surface area contributed by atoms with E-state index in [1.807, 2.05) is 0 Å². The Hall–Kier alpha value is -0.820. The molecule has 1 unspecified atom stereocenters. The topological polar surface area (TPSA) is 3.24 Å². The van der Waals surface area contributed by atoms with Gasteiger partial charge in [-0.1, -0.05) is 43.2 Å². The monoisotopic (exact) mass is 229 g/mol. The Balaban J connectivity index is 1.68. The van der Waals surface area contributed by atoms with Gasteiger partial charge in [-0.15, -0.1) is 0 Å². The molecule has 0 aromatic heterocycles. The third-order valence-electron chi connectivity index (χ3n) is 4.86. The van der Waals surface area contributed by atoms with Gasteiger partial charge in [0.25, 0.3) is 0 Å². The van der Waals surface area contributed by atoms with Crippen LogP contribution in [0, 0.1) is 5.92 Å². The SMILES string of the molecule is CN1C(Cc2ccccc2)C[C@@H]2CCCC[C@@H]21. The molecule has 0 spiro atoms. The summed E-state index contributed by atoms with van der Waals surface area (Å²) in [7, 11) is 2.35. The van der Waals surface area contributed by atoms with E-state index in [9.17, 15) is 0 Å². The first-order valence-electron chi connectivity index (χ1n) is 7.10. The van der Waals surface area contributed by atoms with Crippen molar-refractivity contribution in [2.75, 3.05) is 7.05 Å². The minimum atomic E-state index is 0.783. The van der Waals surface area contributed by atoms with Gasteiger partial charge < -0.3 is 0 Å². The van der Waals surface area contributed by atoms with Gasteiger partial charge in [-0.2, -0.15) is 0 Å². The highest BCUT2D eigenvalue weighted by atomic mass is 15.2. The fourth-order valence-electron chi connectivity index (χ4n) is 3.90. The highest BCUT2D eigenvalue weighted by molar-refractivity contribution is 5.16. The van der Waals surface area contributed by atoms with Gasteiger partial charge in [0.1, 0.15) is 0 Å². The maximum absolute atomic E-state index is 2.68. The van der Waals surface area contributed by atoms with Gasteiger partial charge in [-0.05, 0) is 44.2 Å². The van der Waals surface area contributed by atoms with E-state index in [-0.39, 0.29) is 0 Å². The first kappa shape index (κ1) is 11.3. The van der Waals surface area contributed by atoms with Gasteiger partial charge in [0.2, 0.25) is 0 Å². The van der Waals surface area contributed by atoms with Crippen LogP contribution in [-0.4, -0.2) is 24.0 Å². The Morgan fingerprint density at radius 2 is 1.88 bits per heavy atom. The average molecular weight is 229 g/mol. The van der Waals surface area contributed by atoms with Crippen LogP contribution in [0.3, 0.4) is 0 Å². The van der Waals surface area contributed by atoms with Gasteiger partial charge in [-0.25, -0.2) is 0 Å². The lowest BCUT2D eigenvalue weighted by Crippen LogP contribution is -2.36. The molecule has 1 saturated carbocycles. The maximum atomic E-state index is 2.68. The first-order chi connectivity index (χ1) is 8.34. The number of benzene rings is 1. The molecule has 3 atom stereocenters.